The summed E-state index contributed by atoms with van der Waals surface area (Å²) in [6, 6.07) is 9.27. The zero-order chi connectivity index (χ0) is 27.5. The van der Waals surface area contributed by atoms with Crippen LogP contribution in [0, 0.1) is 0 Å². The van der Waals surface area contributed by atoms with Crippen LogP contribution in [0.3, 0.4) is 0 Å². The molecule has 3 N–H and O–H groups in total. The van der Waals surface area contributed by atoms with Gasteiger partial charge in [-0.25, -0.2) is 0 Å². The summed E-state index contributed by atoms with van der Waals surface area (Å²) in [5.41, 5.74) is 5.99. The molecule has 0 radical (unpaired) electrons. The number of carbonyl (C=O) groups excluding carboxylic acids is 1. The van der Waals surface area contributed by atoms with Crippen LogP contribution in [0.5, 0.6) is 17.2 Å². The fourth-order valence-corrected chi connectivity index (χ4v) is 6.72. The molecule has 1 saturated heterocycles. The first kappa shape index (κ1) is 25.5. The second kappa shape index (κ2) is 9.47. The van der Waals surface area contributed by atoms with Gasteiger partial charge in [0.2, 0.25) is 0 Å². The summed E-state index contributed by atoms with van der Waals surface area (Å²) in [7, 11) is 1.54. The van der Waals surface area contributed by atoms with Gasteiger partial charge in [-0.2, -0.15) is 0 Å². The zero-order valence-electron chi connectivity index (χ0n) is 22.5. The number of phenolic OH excluding ortho intramolecular Hbond substituents is 1. The summed E-state index contributed by atoms with van der Waals surface area (Å²) in [5, 5.41) is 26.0. The molecule has 4 heterocycles. The van der Waals surface area contributed by atoms with Gasteiger partial charge in [0.25, 0.3) is 5.91 Å². The molecule has 0 spiro atoms. The van der Waals surface area contributed by atoms with Crippen LogP contribution in [-0.2, 0) is 0 Å². The molecule has 0 saturated carbocycles. The Morgan fingerprint density at radius 2 is 1.92 bits per heavy atom. The molecule has 0 unspecified atom stereocenters. The monoisotopic (exact) mass is 544 g/mol. The smallest absolute Gasteiger partial charge is 0.255 e. The molecule has 3 aliphatic rings. The van der Waals surface area contributed by atoms with E-state index in [1.165, 1.54) is 18.4 Å². The SMILES string of the molecule is COc1c(O)ccc2c1-c1ccc3c(c1C(=Cc1sccc1C(=O)N1CCC(O)CC1)O2)C(C)=CC(C)(C)N3. The number of nitrogens with one attached hydrogen (secondary N) is 1. The Hall–Kier alpha value is -3.75. The third-order valence-electron chi connectivity index (χ3n) is 7.61. The van der Waals surface area contributed by atoms with Crippen LogP contribution in [0.4, 0.5) is 5.69 Å². The Kier molecular flexibility index (Phi) is 6.19. The van der Waals surface area contributed by atoms with E-state index < -0.39 is 0 Å². The summed E-state index contributed by atoms with van der Waals surface area (Å²) in [5.74, 6) is 1.57. The van der Waals surface area contributed by atoms with Gasteiger partial charge in [0.15, 0.2) is 11.5 Å². The number of hydrogen-bond donors (Lipinski definition) is 3. The van der Waals surface area contributed by atoms with E-state index in [4.69, 9.17) is 9.47 Å². The molecular weight excluding hydrogens is 512 g/mol. The van der Waals surface area contributed by atoms with E-state index in [1.807, 2.05) is 28.5 Å². The maximum atomic E-state index is 13.5. The van der Waals surface area contributed by atoms with Crippen LogP contribution in [0.25, 0.3) is 28.5 Å². The zero-order valence-corrected chi connectivity index (χ0v) is 23.3. The van der Waals surface area contributed by atoms with E-state index in [0.717, 1.165) is 32.8 Å². The molecular formula is C31H32N2O5S. The molecule has 0 atom stereocenters. The van der Waals surface area contributed by atoms with Crippen LogP contribution >= 0.6 is 11.3 Å². The molecule has 1 aromatic heterocycles. The van der Waals surface area contributed by atoms with Gasteiger partial charge in [0.05, 0.1) is 29.9 Å². The first-order valence-corrected chi connectivity index (χ1v) is 14.0. The quantitative estimate of drug-likeness (QED) is 0.362. The number of hydrogen-bond acceptors (Lipinski definition) is 7. The van der Waals surface area contributed by atoms with Gasteiger partial charge in [-0.1, -0.05) is 12.1 Å². The van der Waals surface area contributed by atoms with Gasteiger partial charge in [-0.3, -0.25) is 4.79 Å². The Balaban J connectivity index is 1.53. The molecule has 3 aromatic rings. The summed E-state index contributed by atoms with van der Waals surface area (Å²) in [6.07, 6.45) is 4.99. The highest BCUT2D eigenvalue weighted by atomic mass is 32.1. The number of thiophene rings is 1. The number of methoxy groups -OCH3 is 1. The number of ether oxygens (including phenoxy) is 2. The number of amides is 1. The second-order valence-electron chi connectivity index (χ2n) is 10.9. The third kappa shape index (κ3) is 4.37. The number of carbonyl (C=O) groups is 1. The Morgan fingerprint density at radius 3 is 2.67 bits per heavy atom. The van der Waals surface area contributed by atoms with Crippen LogP contribution in [-0.4, -0.2) is 52.9 Å². The van der Waals surface area contributed by atoms with Crippen molar-refractivity contribution < 1.29 is 24.5 Å². The molecule has 7 nitrogen and oxygen atoms in total. The van der Waals surface area contributed by atoms with Crippen molar-refractivity contribution in [2.75, 3.05) is 25.5 Å². The average molecular weight is 545 g/mol. The van der Waals surface area contributed by atoms with Gasteiger partial charge >= 0.3 is 0 Å². The van der Waals surface area contributed by atoms with Crippen molar-refractivity contribution in [2.45, 2.75) is 45.3 Å². The lowest BCUT2D eigenvalue weighted by Crippen LogP contribution is -2.40. The number of fused-ring (bicyclic) bond motifs is 5. The van der Waals surface area contributed by atoms with Crippen LogP contribution < -0.4 is 14.8 Å². The van der Waals surface area contributed by atoms with E-state index in [2.05, 4.69) is 38.2 Å². The first-order valence-electron chi connectivity index (χ1n) is 13.2. The number of anilines is 1. The highest BCUT2D eigenvalue weighted by molar-refractivity contribution is 7.11. The lowest BCUT2D eigenvalue weighted by Gasteiger charge is -2.35. The van der Waals surface area contributed by atoms with Gasteiger partial charge in [-0.15, -0.1) is 11.3 Å². The minimum absolute atomic E-state index is 0.0346. The summed E-state index contributed by atoms with van der Waals surface area (Å²) >= 11 is 1.49. The number of benzene rings is 2. The summed E-state index contributed by atoms with van der Waals surface area (Å²) in [4.78, 5) is 16.1. The van der Waals surface area contributed by atoms with Gasteiger partial charge in [0.1, 0.15) is 11.5 Å². The normalized spacial score (nSPS) is 18.8. The van der Waals surface area contributed by atoms with Gasteiger partial charge in [0, 0.05) is 40.3 Å². The maximum absolute atomic E-state index is 13.5. The minimum atomic E-state index is -0.345. The third-order valence-corrected chi connectivity index (χ3v) is 8.48. The number of likely N-dealkylation sites (tertiary alicyclic amines) is 1. The number of allylic oxidation sites excluding steroid dienone is 1. The molecule has 8 heteroatoms. The molecule has 6 rings (SSSR count). The number of piperidine rings is 1. The highest BCUT2D eigenvalue weighted by Gasteiger charge is 2.34. The number of nitrogens with zero attached hydrogens (tertiary/aromatic N) is 1. The van der Waals surface area contributed by atoms with Crippen molar-refractivity contribution >= 4 is 40.3 Å². The first-order chi connectivity index (χ1) is 18.7. The number of aromatic hydroxyl groups is 1. The van der Waals surface area contributed by atoms with Crippen molar-refractivity contribution in [3.8, 4) is 28.4 Å². The van der Waals surface area contributed by atoms with E-state index in [0.29, 0.717) is 54.3 Å². The molecule has 2 aromatic carbocycles. The molecule has 202 valence electrons. The standard InChI is InChI=1S/C31H32N2O5S/c1-17-16-31(2,3)32-21-6-5-20-27(26(17)21)24(38-23-8-7-22(35)29(37-4)28(20)23)15-25-19(11-14-39-25)30(36)33-12-9-18(34)10-13-33/h5-8,11,14-16,18,32,34-35H,9-10,12-13H2,1-4H3. The van der Waals surface area contributed by atoms with Crippen LogP contribution in [0.2, 0.25) is 0 Å². The van der Waals surface area contributed by atoms with E-state index in [-0.39, 0.29) is 23.3 Å². The van der Waals surface area contributed by atoms with Crippen molar-refractivity contribution in [2.24, 2.45) is 0 Å². The van der Waals surface area contributed by atoms with Crippen molar-refractivity contribution in [1.29, 1.82) is 0 Å². The Bertz CT molecular complexity index is 1540. The maximum Gasteiger partial charge on any atom is 0.255 e. The Labute approximate surface area is 232 Å². The fraction of sp³-hybridized carbons (Fsp3) is 0.323. The second-order valence-corrected chi connectivity index (χ2v) is 11.9. The van der Waals surface area contributed by atoms with Crippen molar-refractivity contribution in [3.63, 3.8) is 0 Å². The van der Waals surface area contributed by atoms with Crippen molar-refractivity contribution in [3.05, 3.63) is 63.4 Å². The predicted molar refractivity (Wildman–Crippen MR) is 155 cm³/mol. The Morgan fingerprint density at radius 1 is 1.15 bits per heavy atom. The number of aliphatic hydroxyl groups excluding tert-OH is 1. The molecule has 1 fully saturated rings. The fourth-order valence-electron chi connectivity index (χ4n) is 5.92. The van der Waals surface area contributed by atoms with Crippen molar-refractivity contribution in [1.82, 2.24) is 4.90 Å². The number of phenols is 1. The van der Waals surface area contributed by atoms with Crippen LogP contribution in [0.15, 0.2) is 41.8 Å². The molecule has 0 aliphatic carbocycles. The van der Waals surface area contributed by atoms with Crippen LogP contribution in [0.1, 0.15) is 60.0 Å². The molecule has 39 heavy (non-hydrogen) atoms. The largest absolute Gasteiger partial charge is 0.504 e. The lowest BCUT2D eigenvalue weighted by atomic mass is 9.83. The van der Waals surface area contributed by atoms with E-state index in [1.54, 1.807) is 12.1 Å². The minimum Gasteiger partial charge on any atom is -0.504 e. The topological polar surface area (TPSA) is 91.3 Å². The molecule has 3 aliphatic heterocycles. The molecule has 0 bridgehead atoms. The molecule has 1 amide bonds. The van der Waals surface area contributed by atoms with Gasteiger partial charge < -0.3 is 29.9 Å². The summed E-state index contributed by atoms with van der Waals surface area (Å²) in [6.45, 7) is 7.44. The van der Waals surface area contributed by atoms with E-state index in [9.17, 15) is 15.0 Å². The lowest BCUT2D eigenvalue weighted by molar-refractivity contribution is 0.0547. The predicted octanol–water partition coefficient (Wildman–Crippen LogP) is 6.22. The number of aliphatic hydroxyl groups is 1. The summed E-state index contributed by atoms with van der Waals surface area (Å²) < 4.78 is 12.2. The van der Waals surface area contributed by atoms with Gasteiger partial charge in [-0.05, 0) is 74.9 Å². The average Bonchev–Trinajstić information content (AvgIpc) is 3.36. The van der Waals surface area contributed by atoms with E-state index >= 15 is 0 Å². The highest BCUT2D eigenvalue weighted by Crippen LogP contribution is 2.54. The number of rotatable bonds is 3.